The molecule has 0 aromatic heterocycles. The van der Waals surface area contributed by atoms with Crippen LogP contribution in [0.15, 0.2) is 46.4 Å². The SMILES string of the molecule is COC(=O)C(C)(CCCN1CCC(C)=C(C)C1)S(=O)(=O)c1ccccc1. The van der Waals surface area contributed by atoms with Gasteiger partial charge in [0.2, 0.25) is 0 Å². The summed E-state index contributed by atoms with van der Waals surface area (Å²) in [6.45, 7) is 8.43. The van der Waals surface area contributed by atoms with Crippen LogP contribution in [0.25, 0.3) is 0 Å². The van der Waals surface area contributed by atoms with Gasteiger partial charge in [0, 0.05) is 13.1 Å². The largest absolute Gasteiger partial charge is 0.468 e. The van der Waals surface area contributed by atoms with Gasteiger partial charge in [-0.15, -0.1) is 0 Å². The summed E-state index contributed by atoms with van der Waals surface area (Å²) in [5, 5.41) is 0. The van der Waals surface area contributed by atoms with Gasteiger partial charge in [-0.05, 0) is 58.7 Å². The third-order valence-electron chi connectivity index (χ3n) is 5.38. The van der Waals surface area contributed by atoms with Crippen molar-refractivity contribution in [2.45, 2.75) is 49.7 Å². The topological polar surface area (TPSA) is 63.7 Å². The highest BCUT2D eigenvalue weighted by atomic mass is 32.2. The summed E-state index contributed by atoms with van der Waals surface area (Å²) in [7, 11) is -2.60. The fourth-order valence-electron chi connectivity index (χ4n) is 3.34. The highest BCUT2D eigenvalue weighted by molar-refractivity contribution is 7.93. The quantitative estimate of drug-likeness (QED) is 0.538. The van der Waals surface area contributed by atoms with Crippen molar-refractivity contribution < 1.29 is 17.9 Å². The Morgan fingerprint density at radius 2 is 1.85 bits per heavy atom. The second-order valence-corrected chi connectivity index (χ2v) is 9.61. The first-order valence-electron chi connectivity index (χ1n) is 8.98. The van der Waals surface area contributed by atoms with Crippen LogP contribution in [0.1, 0.15) is 40.0 Å². The summed E-state index contributed by atoms with van der Waals surface area (Å²) < 4.78 is 29.5. The molecule has 1 aromatic carbocycles. The van der Waals surface area contributed by atoms with Gasteiger partial charge in [-0.2, -0.15) is 0 Å². The maximum atomic E-state index is 13.1. The molecule has 1 heterocycles. The third-order valence-corrected chi connectivity index (χ3v) is 7.83. The lowest BCUT2D eigenvalue weighted by Crippen LogP contribution is -2.45. The molecule has 1 aromatic rings. The van der Waals surface area contributed by atoms with Crippen LogP contribution in [0.3, 0.4) is 0 Å². The van der Waals surface area contributed by atoms with Crippen LogP contribution in [0.2, 0.25) is 0 Å². The molecule has 0 N–H and O–H groups in total. The van der Waals surface area contributed by atoms with Crippen molar-refractivity contribution in [1.29, 1.82) is 0 Å². The number of nitrogens with zero attached hydrogens (tertiary/aromatic N) is 1. The molecule has 144 valence electrons. The Morgan fingerprint density at radius 3 is 2.42 bits per heavy atom. The number of sulfone groups is 1. The van der Waals surface area contributed by atoms with E-state index in [1.807, 2.05) is 0 Å². The monoisotopic (exact) mass is 379 g/mol. The minimum atomic E-state index is -3.84. The number of benzene rings is 1. The van der Waals surface area contributed by atoms with Gasteiger partial charge < -0.3 is 4.74 Å². The number of methoxy groups -OCH3 is 1. The lowest BCUT2D eigenvalue weighted by Gasteiger charge is -2.31. The van der Waals surface area contributed by atoms with Gasteiger partial charge in [0.1, 0.15) is 0 Å². The Balaban J connectivity index is 2.14. The van der Waals surface area contributed by atoms with Crippen molar-refractivity contribution in [3.8, 4) is 0 Å². The highest BCUT2D eigenvalue weighted by Crippen LogP contribution is 2.31. The van der Waals surface area contributed by atoms with Crippen molar-refractivity contribution in [3.63, 3.8) is 0 Å². The molecule has 1 aliphatic heterocycles. The molecule has 26 heavy (non-hydrogen) atoms. The zero-order valence-electron chi connectivity index (χ0n) is 16.1. The van der Waals surface area contributed by atoms with Crippen LogP contribution >= 0.6 is 0 Å². The summed E-state index contributed by atoms with van der Waals surface area (Å²) in [6.07, 6.45) is 1.89. The zero-order chi connectivity index (χ0) is 19.4. The Bertz CT molecular complexity index is 770. The van der Waals surface area contributed by atoms with Gasteiger partial charge in [-0.1, -0.05) is 29.3 Å². The molecular formula is C20H29NO4S. The molecule has 0 fully saturated rings. The number of ether oxygens (including phenoxy) is 1. The van der Waals surface area contributed by atoms with Crippen molar-refractivity contribution in [1.82, 2.24) is 4.90 Å². The van der Waals surface area contributed by atoms with E-state index in [4.69, 9.17) is 4.74 Å². The van der Waals surface area contributed by atoms with E-state index in [2.05, 4.69) is 18.7 Å². The molecule has 0 bridgehead atoms. The molecule has 0 aliphatic carbocycles. The predicted molar refractivity (Wildman–Crippen MR) is 103 cm³/mol. The number of hydrogen-bond acceptors (Lipinski definition) is 5. The van der Waals surface area contributed by atoms with Crippen molar-refractivity contribution in [2.24, 2.45) is 0 Å². The third kappa shape index (κ3) is 4.18. The molecule has 2 rings (SSSR count). The van der Waals surface area contributed by atoms with Crippen molar-refractivity contribution in [3.05, 3.63) is 41.5 Å². The fraction of sp³-hybridized carbons (Fsp3) is 0.550. The van der Waals surface area contributed by atoms with Gasteiger partial charge in [-0.25, -0.2) is 8.42 Å². The Hall–Kier alpha value is -1.66. The van der Waals surface area contributed by atoms with Gasteiger partial charge in [0.05, 0.1) is 12.0 Å². The van der Waals surface area contributed by atoms with Crippen LogP contribution < -0.4 is 0 Å². The molecule has 0 amide bonds. The maximum Gasteiger partial charge on any atom is 0.327 e. The zero-order valence-corrected chi connectivity index (χ0v) is 16.9. The summed E-state index contributed by atoms with van der Waals surface area (Å²) in [4.78, 5) is 14.9. The van der Waals surface area contributed by atoms with Crippen molar-refractivity contribution >= 4 is 15.8 Å². The smallest absolute Gasteiger partial charge is 0.327 e. The first kappa shape index (κ1) is 20.6. The highest BCUT2D eigenvalue weighted by Gasteiger charge is 2.47. The second kappa shape index (κ2) is 8.35. The molecule has 0 saturated heterocycles. The minimum Gasteiger partial charge on any atom is -0.468 e. The molecule has 1 unspecified atom stereocenters. The standard InChI is InChI=1S/C20H29NO4S/c1-16-11-14-21(15-17(16)2)13-8-12-20(3,19(22)25-4)26(23,24)18-9-6-5-7-10-18/h5-7,9-10H,8,11-15H2,1-4H3. The lowest BCUT2D eigenvalue weighted by molar-refractivity contribution is -0.143. The van der Waals surface area contributed by atoms with E-state index in [-0.39, 0.29) is 11.3 Å². The Kier molecular flexibility index (Phi) is 6.64. The molecule has 0 saturated carbocycles. The summed E-state index contributed by atoms with van der Waals surface area (Å²) in [5.74, 6) is -0.702. The number of hydrogen-bond donors (Lipinski definition) is 0. The molecule has 1 atom stereocenters. The van der Waals surface area contributed by atoms with Gasteiger partial charge in [-0.3, -0.25) is 9.69 Å². The van der Waals surface area contributed by atoms with Crippen LogP contribution in [-0.2, 0) is 19.4 Å². The van der Waals surface area contributed by atoms with Crippen LogP contribution in [0.4, 0.5) is 0 Å². The molecule has 1 aliphatic rings. The van der Waals surface area contributed by atoms with E-state index in [9.17, 15) is 13.2 Å². The van der Waals surface area contributed by atoms with E-state index in [1.165, 1.54) is 37.3 Å². The normalized spacial score (nSPS) is 18.5. The Labute approximate surface area is 157 Å². The minimum absolute atomic E-state index is 0.153. The molecule has 0 radical (unpaired) electrons. The van der Waals surface area contributed by atoms with Gasteiger partial charge in [0.15, 0.2) is 14.6 Å². The maximum absolute atomic E-state index is 13.1. The lowest BCUT2D eigenvalue weighted by atomic mass is 10.0. The van der Waals surface area contributed by atoms with Crippen LogP contribution in [0.5, 0.6) is 0 Å². The first-order valence-corrected chi connectivity index (χ1v) is 10.5. The number of esters is 1. The number of carbonyl (C=O) groups excluding carboxylic acids is 1. The average Bonchev–Trinajstić information content (AvgIpc) is 2.64. The average molecular weight is 380 g/mol. The van der Waals surface area contributed by atoms with E-state index in [0.717, 1.165) is 26.1 Å². The number of rotatable bonds is 7. The summed E-state index contributed by atoms with van der Waals surface area (Å²) in [5.41, 5.74) is 2.82. The fourth-order valence-corrected chi connectivity index (χ4v) is 5.09. The van der Waals surface area contributed by atoms with Crippen LogP contribution in [0, 0.1) is 0 Å². The van der Waals surface area contributed by atoms with E-state index in [1.54, 1.807) is 18.2 Å². The van der Waals surface area contributed by atoms with E-state index < -0.39 is 20.6 Å². The Morgan fingerprint density at radius 1 is 1.19 bits per heavy atom. The molecule has 5 nitrogen and oxygen atoms in total. The summed E-state index contributed by atoms with van der Waals surface area (Å²) >= 11 is 0. The predicted octanol–water partition coefficient (Wildman–Crippen LogP) is 3.21. The second-order valence-electron chi connectivity index (χ2n) is 7.23. The van der Waals surface area contributed by atoms with E-state index in [0.29, 0.717) is 6.42 Å². The van der Waals surface area contributed by atoms with Gasteiger partial charge >= 0.3 is 5.97 Å². The van der Waals surface area contributed by atoms with Crippen molar-refractivity contribution in [2.75, 3.05) is 26.7 Å². The van der Waals surface area contributed by atoms with Crippen LogP contribution in [-0.4, -0.2) is 50.8 Å². The summed E-state index contributed by atoms with van der Waals surface area (Å²) in [6, 6.07) is 8.13. The number of carbonyl (C=O) groups is 1. The molecular weight excluding hydrogens is 350 g/mol. The molecule has 0 spiro atoms. The van der Waals surface area contributed by atoms with E-state index >= 15 is 0 Å². The van der Waals surface area contributed by atoms with Gasteiger partial charge in [0.25, 0.3) is 0 Å². The molecule has 6 heteroatoms. The first-order chi connectivity index (χ1) is 12.2.